The highest BCUT2D eigenvalue weighted by molar-refractivity contribution is 5.87. The summed E-state index contributed by atoms with van der Waals surface area (Å²) in [5, 5.41) is 12.0. The van der Waals surface area contributed by atoms with Gasteiger partial charge in [0.2, 0.25) is 5.91 Å². The second kappa shape index (κ2) is 9.33. The monoisotopic (exact) mass is 366 g/mol. The van der Waals surface area contributed by atoms with E-state index < -0.39 is 5.97 Å². The third kappa shape index (κ3) is 5.66. The van der Waals surface area contributed by atoms with Crippen molar-refractivity contribution in [1.82, 2.24) is 10.2 Å². The van der Waals surface area contributed by atoms with E-state index in [4.69, 9.17) is 5.11 Å². The molecule has 1 amide bonds. The molecule has 142 valence electrons. The molecular weight excluding hydrogens is 340 g/mol. The maximum absolute atomic E-state index is 12.4. The van der Waals surface area contributed by atoms with Gasteiger partial charge in [0.15, 0.2) is 0 Å². The molecule has 0 atom stereocenters. The summed E-state index contributed by atoms with van der Waals surface area (Å²) in [6, 6.07) is 17.3. The molecule has 5 nitrogen and oxygen atoms in total. The van der Waals surface area contributed by atoms with Gasteiger partial charge in [-0.3, -0.25) is 9.69 Å². The Morgan fingerprint density at radius 1 is 1.00 bits per heavy atom. The van der Waals surface area contributed by atoms with E-state index in [2.05, 4.69) is 34.5 Å². The highest BCUT2D eigenvalue weighted by Gasteiger charge is 2.24. The third-order valence-corrected chi connectivity index (χ3v) is 5.09. The Morgan fingerprint density at radius 2 is 1.70 bits per heavy atom. The topological polar surface area (TPSA) is 69.6 Å². The zero-order valence-electron chi connectivity index (χ0n) is 15.4. The largest absolute Gasteiger partial charge is 0.478 e. The molecule has 27 heavy (non-hydrogen) atoms. The summed E-state index contributed by atoms with van der Waals surface area (Å²) < 4.78 is 0. The van der Waals surface area contributed by atoms with Gasteiger partial charge in [-0.1, -0.05) is 42.5 Å². The highest BCUT2D eigenvalue weighted by Crippen LogP contribution is 2.19. The molecule has 5 heteroatoms. The number of carboxylic acids is 1. The van der Waals surface area contributed by atoms with Gasteiger partial charge >= 0.3 is 5.97 Å². The maximum Gasteiger partial charge on any atom is 0.335 e. The molecule has 1 heterocycles. The number of likely N-dealkylation sites (tertiary alicyclic amines) is 1. The lowest BCUT2D eigenvalue weighted by atomic mass is 9.95. The Labute approximate surface area is 160 Å². The second-order valence-corrected chi connectivity index (χ2v) is 7.08. The number of carbonyl (C=O) groups is 2. The molecule has 3 rings (SSSR count). The first kappa shape index (κ1) is 19.1. The Kier molecular flexibility index (Phi) is 6.60. The van der Waals surface area contributed by atoms with Crippen molar-refractivity contribution < 1.29 is 14.7 Å². The van der Waals surface area contributed by atoms with Crippen molar-refractivity contribution in [2.24, 2.45) is 5.92 Å². The lowest BCUT2D eigenvalue weighted by Crippen LogP contribution is -2.40. The van der Waals surface area contributed by atoms with E-state index in [-0.39, 0.29) is 17.4 Å². The van der Waals surface area contributed by atoms with E-state index >= 15 is 0 Å². The van der Waals surface area contributed by atoms with Gasteiger partial charge in [0.1, 0.15) is 0 Å². The van der Waals surface area contributed by atoms with Crippen LogP contribution in [0.4, 0.5) is 0 Å². The highest BCUT2D eigenvalue weighted by atomic mass is 16.4. The minimum Gasteiger partial charge on any atom is -0.478 e. The number of carboxylic acid groups (broad SMARTS) is 1. The van der Waals surface area contributed by atoms with Crippen LogP contribution in [0.25, 0.3) is 0 Å². The van der Waals surface area contributed by atoms with Gasteiger partial charge in [-0.2, -0.15) is 0 Å². The summed E-state index contributed by atoms with van der Waals surface area (Å²) in [7, 11) is 0. The fourth-order valence-electron chi connectivity index (χ4n) is 3.53. The number of piperidine rings is 1. The van der Waals surface area contributed by atoms with Gasteiger partial charge in [0.05, 0.1) is 5.56 Å². The van der Waals surface area contributed by atoms with Gasteiger partial charge < -0.3 is 10.4 Å². The second-order valence-electron chi connectivity index (χ2n) is 7.08. The van der Waals surface area contributed by atoms with Crippen LogP contribution >= 0.6 is 0 Å². The molecule has 0 aliphatic carbocycles. The van der Waals surface area contributed by atoms with Gasteiger partial charge in [0.25, 0.3) is 0 Å². The van der Waals surface area contributed by atoms with Crippen molar-refractivity contribution >= 4 is 11.9 Å². The smallest absolute Gasteiger partial charge is 0.335 e. The Balaban J connectivity index is 1.39. The van der Waals surface area contributed by atoms with Gasteiger partial charge in [-0.05, 0) is 55.6 Å². The van der Waals surface area contributed by atoms with Gasteiger partial charge in [-0.15, -0.1) is 0 Å². The molecule has 1 aliphatic heterocycles. The number of aromatic carboxylic acids is 1. The fourth-order valence-corrected chi connectivity index (χ4v) is 3.53. The molecule has 2 aromatic rings. The van der Waals surface area contributed by atoms with Gasteiger partial charge in [0, 0.05) is 19.0 Å². The van der Waals surface area contributed by atoms with Crippen LogP contribution < -0.4 is 5.32 Å². The molecule has 0 radical (unpaired) electrons. The van der Waals surface area contributed by atoms with E-state index in [1.54, 1.807) is 18.2 Å². The van der Waals surface area contributed by atoms with Crippen LogP contribution in [0.1, 0.15) is 34.3 Å². The van der Waals surface area contributed by atoms with Crippen LogP contribution in [-0.4, -0.2) is 41.5 Å². The van der Waals surface area contributed by atoms with Crippen molar-refractivity contribution in [3.05, 3.63) is 71.3 Å². The number of rotatable bonds is 7. The standard InChI is InChI=1S/C22H26N2O3/c25-21(23-12-9-17-7-4-8-20(15-17)22(26)27)19-10-13-24(14-11-19)16-18-5-2-1-3-6-18/h1-8,15,19H,9-14,16H2,(H,23,25)(H,26,27). The van der Waals surface area contributed by atoms with E-state index in [0.717, 1.165) is 38.0 Å². The van der Waals surface area contributed by atoms with Crippen LogP contribution in [0.5, 0.6) is 0 Å². The molecule has 2 aromatic carbocycles. The number of amides is 1. The van der Waals surface area contributed by atoms with Crippen molar-refractivity contribution in [2.45, 2.75) is 25.8 Å². The van der Waals surface area contributed by atoms with Crippen LogP contribution in [-0.2, 0) is 17.8 Å². The Hall–Kier alpha value is -2.66. The summed E-state index contributed by atoms with van der Waals surface area (Å²) in [5.41, 5.74) is 2.52. The number of carbonyl (C=O) groups excluding carboxylic acids is 1. The minimum atomic E-state index is -0.928. The van der Waals surface area contributed by atoms with E-state index in [9.17, 15) is 9.59 Å². The summed E-state index contributed by atoms with van der Waals surface area (Å²) >= 11 is 0. The number of benzene rings is 2. The third-order valence-electron chi connectivity index (χ3n) is 5.09. The summed E-state index contributed by atoms with van der Waals surface area (Å²) in [4.78, 5) is 25.8. The summed E-state index contributed by atoms with van der Waals surface area (Å²) in [5.74, 6) is -0.741. The normalized spacial score (nSPS) is 15.4. The molecule has 1 aliphatic rings. The molecular formula is C22H26N2O3. The van der Waals surface area contributed by atoms with E-state index in [1.165, 1.54) is 5.56 Å². The average Bonchev–Trinajstić information content (AvgIpc) is 2.69. The number of nitrogens with zero attached hydrogens (tertiary/aromatic N) is 1. The van der Waals surface area contributed by atoms with Crippen LogP contribution in [0, 0.1) is 5.92 Å². The molecule has 0 spiro atoms. The number of hydrogen-bond acceptors (Lipinski definition) is 3. The number of nitrogens with one attached hydrogen (secondary N) is 1. The molecule has 1 saturated heterocycles. The van der Waals surface area contributed by atoms with Crippen molar-refractivity contribution in [1.29, 1.82) is 0 Å². The van der Waals surface area contributed by atoms with Gasteiger partial charge in [-0.25, -0.2) is 4.79 Å². The Bertz CT molecular complexity index is 768. The molecule has 0 saturated carbocycles. The first-order valence-corrected chi connectivity index (χ1v) is 9.48. The van der Waals surface area contributed by atoms with Crippen molar-refractivity contribution in [2.75, 3.05) is 19.6 Å². The zero-order chi connectivity index (χ0) is 19.1. The first-order chi connectivity index (χ1) is 13.1. The summed E-state index contributed by atoms with van der Waals surface area (Å²) in [6.45, 7) is 3.35. The minimum absolute atomic E-state index is 0.0716. The van der Waals surface area contributed by atoms with Crippen molar-refractivity contribution in [3.63, 3.8) is 0 Å². The average molecular weight is 366 g/mol. The summed E-state index contributed by atoms with van der Waals surface area (Å²) in [6.07, 6.45) is 2.40. The molecule has 1 fully saturated rings. The quantitative estimate of drug-likeness (QED) is 0.790. The predicted molar refractivity (Wildman–Crippen MR) is 105 cm³/mol. The van der Waals surface area contributed by atoms with E-state index in [1.807, 2.05) is 12.1 Å². The lowest BCUT2D eigenvalue weighted by Gasteiger charge is -2.31. The predicted octanol–water partition coefficient (Wildman–Crippen LogP) is 2.96. The number of hydrogen-bond donors (Lipinski definition) is 2. The molecule has 0 unspecified atom stereocenters. The fraction of sp³-hybridized carbons (Fsp3) is 0.364. The maximum atomic E-state index is 12.4. The Morgan fingerprint density at radius 3 is 2.41 bits per heavy atom. The first-order valence-electron chi connectivity index (χ1n) is 9.48. The molecule has 0 bridgehead atoms. The zero-order valence-corrected chi connectivity index (χ0v) is 15.4. The molecule has 2 N–H and O–H groups in total. The SMILES string of the molecule is O=C(O)c1cccc(CCNC(=O)C2CCN(Cc3ccccc3)CC2)c1. The molecule has 0 aromatic heterocycles. The van der Waals surface area contributed by atoms with Crippen molar-refractivity contribution in [3.8, 4) is 0 Å². The van der Waals surface area contributed by atoms with E-state index in [0.29, 0.717) is 13.0 Å². The lowest BCUT2D eigenvalue weighted by molar-refractivity contribution is -0.126. The van der Waals surface area contributed by atoms with Crippen LogP contribution in [0.15, 0.2) is 54.6 Å². The van der Waals surface area contributed by atoms with Crippen LogP contribution in [0.2, 0.25) is 0 Å². The van der Waals surface area contributed by atoms with Crippen LogP contribution in [0.3, 0.4) is 0 Å².